The quantitative estimate of drug-likeness (QED) is 0.692. The summed E-state index contributed by atoms with van der Waals surface area (Å²) in [5.41, 5.74) is 1.79. The van der Waals surface area contributed by atoms with Crippen LogP contribution in [0, 0.1) is 5.41 Å². The van der Waals surface area contributed by atoms with E-state index in [9.17, 15) is 0 Å². The van der Waals surface area contributed by atoms with Gasteiger partial charge < -0.3 is 5.41 Å². The molecule has 0 atom stereocenters. The molecule has 0 bridgehead atoms. The number of hydrogen-bond donors (Lipinski definition) is 1. The lowest BCUT2D eigenvalue weighted by molar-refractivity contribution is 1.54. The molecule has 2 aromatic rings. The van der Waals surface area contributed by atoms with E-state index in [0.29, 0.717) is 0 Å². The summed E-state index contributed by atoms with van der Waals surface area (Å²) in [4.78, 5) is 3.87. The normalized spacial score (nSPS) is 10.0. The molecule has 0 fully saturated rings. The second-order valence-corrected chi connectivity index (χ2v) is 3.09. The summed E-state index contributed by atoms with van der Waals surface area (Å²) in [6.45, 7) is 3.49. The lowest BCUT2D eigenvalue weighted by Crippen LogP contribution is -1.79. The molecule has 0 aliphatic rings. The first-order valence-corrected chi connectivity index (χ1v) is 4.34. The van der Waals surface area contributed by atoms with E-state index in [1.807, 2.05) is 36.4 Å². The number of nitrogens with zero attached hydrogens (tertiary/aromatic N) is 1. The lowest BCUT2D eigenvalue weighted by atomic mass is 10.1. The summed E-state index contributed by atoms with van der Waals surface area (Å²) >= 11 is 0. The smallest absolute Gasteiger partial charge is 0.0628 e. The maximum Gasteiger partial charge on any atom is 0.0628 e. The highest BCUT2D eigenvalue weighted by Gasteiger charge is 1.95. The van der Waals surface area contributed by atoms with Crippen LogP contribution in [0.4, 0.5) is 5.69 Å². The molecule has 0 saturated heterocycles. The molecule has 68 valence electrons. The Morgan fingerprint density at radius 3 is 2.50 bits per heavy atom. The summed E-state index contributed by atoms with van der Waals surface area (Å²) in [7, 11) is 0. The third-order valence-electron chi connectivity index (χ3n) is 2.20. The van der Waals surface area contributed by atoms with Gasteiger partial charge in [-0.25, -0.2) is 0 Å². The van der Waals surface area contributed by atoms with Gasteiger partial charge in [0.2, 0.25) is 0 Å². The predicted molar refractivity (Wildman–Crippen MR) is 61.0 cm³/mol. The molecule has 0 saturated carbocycles. The van der Waals surface area contributed by atoms with E-state index in [1.165, 1.54) is 6.21 Å². The number of aliphatic imine (C=N–C) groups is 1. The topological polar surface area (TPSA) is 36.2 Å². The Kier molecular flexibility index (Phi) is 2.11. The molecule has 2 heteroatoms. The van der Waals surface area contributed by atoms with Crippen molar-refractivity contribution >= 4 is 29.4 Å². The summed E-state index contributed by atoms with van der Waals surface area (Å²) in [5.74, 6) is 0. The summed E-state index contributed by atoms with van der Waals surface area (Å²) in [6, 6.07) is 11.8. The van der Waals surface area contributed by atoms with E-state index in [2.05, 4.69) is 11.7 Å². The summed E-state index contributed by atoms with van der Waals surface area (Å²) in [5, 5.41) is 9.39. The average Bonchev–Trinajstić information content (AvgIpc) is 2.27. The molecule has 0 spiro atoms. The van der Waals surface area contributed by atoms with Crippen LogP contribution in [0.3, 0.4) is 0 Å². The van der Waals surface area contributed by atoms with E-state index in [1.54, 1.807) is 0 Å². The van der Waals surface area contributed by atoms with Crippen molar-refractivity contribution in [3.63, 3.8) is 0 Å². The van der Waals surface area contributed by atoms with Crippen LogP contribution in [0.2, 0.25) is 0 Å². The van der Waals surface area contributed by atoms with Crippen LogP contribution in [0.5, 0.6) is 0 Å². The van der Waals surface area contributed by atoms with Crippen molar-refractivity contribution in [3.8, 4) is 0 Å². The Hall–Kier alpha value is -1.96. The van der Waals surface area contributed by atoms with Crippen molar-refractivity contribution in [3.05, 3.63) is 42.0 Å². The predicted octanol–water partition coefficient (Wildman–Crippen LogP) is 3.17. The highest BCUT2D eigenvalue weighted by atomic mass is 14.7. The molecule has 0 aromatic heterocycles. The fraction of sp³-hybridized carbons (Fsp3) is 0. The van der Waals surface area contributed by atoms with Gasteiger partial charge in [0.05, 0.1) is 5.69 Å². The Balaban J connectivity index is 2.68. The molecule has 2 rings (SSSR count). The van der Waals surface area contributed by atoms with Crippen molar-refractivity contribution < 1.29 is 0 Å². The molecule has 0 heterocycles. The van der Waals surface area contributed by atoms with Gasteiger partial charge in [-0.05, 0) is 41.3 Å². The molecule has 0 radical (unpaired) electrons. The Morgan fingerprint density at radius 2 is 1.79 bits per heavy atom. The third-order valence-corrected chi connectivity index (χ3v) is 2.20. The van der Waals surface area contributed by atoms with Crippen molar-refractivity contribution in [1.82, 2.24) is 0 Å². The molecule has 1 N–H and O–H groups in total. The monoisotopic (exact) mass is 182 g/mol. The van der Waals surface area contributed by atoms with Crippen LogP contribution >= 0.6 is 0 Å². The van der Waals surface area contributed by atoms with Crippen molar-refractivity contribution in [1.29, 1.82) is 5.41 Å². The van der Waals surface area contributed by atoms with Crippen LogP contribution in [0.25, 0.3) is 10.8 Å². The van der Waals surface area contributed by atoms with Gasteiger partial charge in [-0.3, -0.25) is 4.99 Å². The molecular weight excluding hydrogens is 172 g/mol. The standard InChI is InChI=1S/C12H10N2/c1-14-12-5-4-10-6-9(8-13)2-3-11(10)7-12/h2-8,13H,1H2. The number of benzene rings is 2. The molecule has 0 aliphatic heterocycles. The summed E-state index contributed by atoms with van der Waals surface area (Å²) in [6.07, 6.45) is 1.35. The third kappa shape index (κ3) is 1.42. The maximum absolute atomic E-state index is 7.14. The van der Waals surface area contributed by atoms with Gasteiger partial charge in [0.25, 0.3) is 0 Å². The van der Waals surface area contributed by atoms with Gasteiger partial charge in [0, 0.05) is 6.21 Å². The van der Waals surface area contributed by atoms with Crippen molar-refractivity contribution in [2.45, 2.75) is 0 Å². The van der Waals surface area contributed by atoms with E-state index in [0.717, 1.165) is 22.0 Å². The van der Waals surface area contributed by atoms with Crippen LogP contribution in [0.1, 0.15) is 5.56 Å². The van der Waals surface area contributed by atoms with E-state index >= 15 is 0 Å². The highest BCUT2D eigenvalue weighted by molar-refractivity contribution is 5.91. The molecule has 0 unspecified atom stereocenters. The zero-order valence-electron chi connectivity index (χ0n) is 7.70. The minimum absolute atomic E-state index is 0.875. The fourth-order valence-electron chi connectivity index (χ4n) is 1.44. The molecule has 14 heavy (non-hydrogen) atoms. The highest BCUT2D eigenvalue weighted by Crippen LogP contribution is 2.21. The van der Waals surface area contributed by atoms with Gasteiger partial charge >= 0.3 is 0 Å². The number of fused-ring (bicyclic) bond motifs is 1. The van der Waals surface area contributed by atoms with Gasteiger partial charge in [-0.1, -0.05) is 18.2 Å². The Labute approximate surface area is 82.4 Å². The van der Waals surface area contributed by atoms with E-state index in [-0.39, 0.29) is 0 Å². The first-order chi connectivity index (χ1) is 6.83. The first-order valence-electron chi connectivity index (χ1n) is 4.34. The minimum atomic E-state index is 0.875. The second-order valence-electron chi connectivity index (χ2n) is 3.09. The van der Waals surface area contributed by atoms with Crippen LogP contribution in [0.15, 0.2) is 41.4 Å². The number of hydrogen-bond acceptors (Lipinski definition) is 2. The number of nitrogens with one attached hydrogen (secondary N) is 1. The largest absolute Gasteiger partial charge is 0.308 e. The molecular formula is C12H10N2. The Bertz CT molecular complexity index is 453. The first kappa shape index (κ1) is 8.63. The minimum Gasteiger partial charge on any atom is -0.308 e. The fourth-order valence-corrected chi connectivity index (χ4v) is 1.44. The maximum atomic E-state index is 7.14. The SMILES string of the molecule is C=Nc1ccc2cc(C=N)ccc2c1. The van der Waals surface area contributed by atoms with Crippen LogP contribution in [-0.4, -0.2) is 12.9 Å². The lowest BCUT2D eigenvalue weighted by Gasteiger charge is -2.00. The van der Waals surface area contributed by atoms with E-state index in [4.69, 9.17) is 5.41 Å². The van der Waals surface area contributed by atoms with Gasteiger partial charge in [-0.2, -0.15) is 0 Å². The van der Waals surface area contributed by atoms with Gasteiger partial charge in [0.15, 0.2) is 0 Å². The molecule has 2 aromatic carbocycles. The molecule has 0 amide bonds. The average molecular weight is 182 g/mol. The van der Waals surface area contributed by atoms with Gasteiger partial charge in [-0.15, -0.1) is 0 Å². The van der Waals surface area contributed by atoms with Crippen molar-refractivity contribution in [2.75, 3.05) is 0 Å². The van der Waals surface area contributed by atoms with Gasteiger partial charge in [0.1, 0.15) is 0 Å². The van der Waals surface area contributed by atoms with E-state index < -0.39 is 0 Å². The second kappa shape index (κ2) is 3.42. The zero-order valence-corrected chi connectivity index (χ0v) is 7.70. The van der Waals surface area contributed by atoms with Crippen molar-refractivity contribution in [2.24, 2.45) is 4.99 Å². The molecule has 0 aliphatic carbocycles. The zero-order chi connectivity index (χ0) is 9.97. The van der Waals surface area contributed by atoms with Crippen LogP contribution < -0.4 is 0 Å². The molecule has 2 nitrogen and oxygen atoms in total. The summed E-state index contributed by atoms with van der Waals surface area (Å²) < 4.78 is 0. The Morgan fingerprint density at radius 1 is 1.07 bits per heavy atom. The number of rotatable bonds is 2. The van der Waals surface area contributed by atoms with Crippen LogP contribution in [-0.2, 0) is 0 Å².